The van der Waals surface area contributed by atoms with E-state index in [0.717, 1.165) is 51.5 Å². The van der Waals surface area contributed by atoms with Gasteiger partial charge in [0.1, 0.15) is 0 Å². The summed E-state index contributed by atoms with van der Waals surface area (Å²) in [6, 6.07) is 2.17. The Kier molecular flexibility index (Phi) is 5.26. The number of amides is 1. The molecule has 2 fully saturated rings. The summed E-state index contributed by atoms with van der Waals surface area (Å²) in [5.41, 5.74) is -0.596. The standard InChI is InChI=1S/C18H26N4O3/c1-2-25-16(24)13-7-6-10-22(12-13)17-20-15(23)14(11-19)18(21-17)8-4-3-5-9-18/h13-14H,2-10,12H2,1H3,(H,20,21,23). The second kappa shape index (κ2) is 7.42. The first kappa shape index (κ1) is 17.7. The number of hydrogen-bond donors (Lipinski definition) is 1. The number of likely N-dealkylation sites (tertiary alicyclic amines) is 1. The minimum absolute atomic E-state index is 0.183. The molecule has 0 aromatic rings. The Labute approximate surface area is 148 Å². The highest BCUT2D eigenvalue weighted by atomic mass is 16.5. The molecular formula is C18H26N4O3. The van der Waals surface area contributed by atoms with Crippen LogP contribution in [-0.4, -0.2) is 48.0 Å². The highest BCUT2D eigenvalue weighted by Crippen LogP contribution is 2.40. The van der Waals surface area contributed by atoms with E-state index in [4.69, 9.17) is 9.73 Å². The van der Waals surface area contributed by atoms with Crippen molar-refractivity contribution >= 4 is 17.8 Å². The number of nitriles is 1. The number of esters is 1. The third-order valence-electron chi connectivity index (χ3n) is 5.55. The van der Waals surface area contributed by atoms with Crippen molar-refractivity contribution in [2.75, 3.05) is 19.7 Å². The zero-order valence-electron chi connectivity index (χ0n) is 14.8. The van der Waals surface area contributed by atoms with Gasteiger partial charge in [-0.05, 0) is 32.6 Å². The summed E-state index contributed by atoms with van der Waals surface area (Å²) < 4.78 is 5.15. The molecule has 0 radical (unpaired) electrons. The normalized spacial score (nSPS) is 28.7. The Hall–Kier alpha value is -2.10. The van der Waals surface area contributed by atoms with Crippen molar-refractivity contribution in [2.45, 2.75) is 57.4 Å². The molecule has 7 nitrogen and oxygen atoms in total. The van der Waals surface area contributed by atoms with E-state index in [-0.39, 0.29) is 17.8 Å². The first-order valence-electron chi connectivity index (χ1n) is 9.31. The minimum atomic E-state index is -0.720. The van der Waals surface area contributed by atoms with Crippen molar-refractivity contribution in [1.82, 2.24) is 10.2 Å². The third-order valence-corrected chi connectivity index (χ3v) is 5.55. The van der Waals surface area contributed by atoms with Gasteiger partial charge in [-0.1, -0.05) is 19.3 Å². The summed E-state index contributed by atoms with van der Waals surface area (Å²) >= 11 is 0. The molecule has 0 aromatic heterocycles. The molecule has 1 spiro atoms. The van der Waals surface area contributed by atoms with Crippen LogP contribution in [0.1, 0.15) is 51.9 Å². The quantitative estimate of drug-likeness (QED) is 0.766. The Morgan fingerprint density at radius 2 is 2.16 bits per heavy atom. The summed E-state index contributed by atoms with van der Waals surface area (Å²) in [5.74, 6) is -0.816. The van der Waals surface area contributed by atoms with Crippen LogP contribution in [0.2, 0.25) is 0 Å². The fourth-order valence-corrected chi connectivity index (χ4v) is 4.24. The van der Waals surface area contributed by atoms with E-state index in [1.54, 1.807) is 6.92 Å². The second-order valence-electron chi connectivity index (χ2n) is 7.19. The summed E-state index contributed by atoms with van der Waals surface area (Å²) in [7, 11) is 0. The fourth-order valence-electron chi connectivity index (χ4n) is 4.24. The Balaban J connectivity index is 1.82. The number of nitrogens with one attached hydrogen (secondary N) is 1. The van der Waals surface area contributed by atoms with E-state index in [2.05, 4.69) is 11.4 Å². The monoisotopic (exact) mass is 346 g/mol. The molecule has 2 atom stereocenters. The molecule has 0 bridgehead atoms. The number of piperidine rings is 1. The van der Waals surface area contributed by atoms with Gasteiger partial charge >= 0.3 is 5.97 Å². The van der Waals surface area contributed by atoms with E-state index < -0.39 is 11.5 Å². The molecule has 136 valence electrons. The zero-order valence-corrected chi connectivity index (χ0v) is 14.8. The van der Waals surface area contributed by atoms with Crippen molar-refractivity contribution in [1.29, 1.82) is 5.26 Å². The molecule has 2 unspecified atom stereocenters. The van der Waals surface area contributed by atoms with Crippen LogP contribution in [0.25, 0.3) is 0 Å². The van der Waals surface area contributed by atoms with Crippen LogP contribution in [0.15, 0.2) is 4.99 Å². The van der Waals surface area contributed by atoms with Gasteiger partial charge in [0.2, 0.25) is 11.9 Å². The molecule has 0 aromatic carbocycles. The third kappa shape index (κ3) is 3.48. The van der Waals surface area contributed by atoms with Crippen molar-refractivity contribution < 1.29 is 14.3 Å². The summed E-state index contributed by atoms with van der Waals surface area (Å²) in [6.07, 6.45) is 6.31. The second-order valence-corrected chi connectivity index (χ2v) is 7.19. The van der Waals surface area contributed by atoms with Gasteiger partial charge in [-0.3, -0.25) is 14.9 Å². The first-order chi connectivity index (χ1) is 12.1. The summed E-state index contributed by atoms with van der Waals surface area (Å²) in [5, 5.41) is 12.3. The Morgan fingerprint density at radius 1 is 1.40 bits per heavy atom. The number of carbonyl (C=O) groups excluding carboxylic acids is 2. The zero-order chi connectivity index (χ0) is 17.9. The summed E-state index contributed by atoms with van der Waals surface area (Å²) in [4.78, 5) is 31.5. The smallest absolute Gasteiger partial charge is 0.310 e. The molecule has 2 aliphatic heterocycles. The maximum absolute atomic E-state index is 12.5. The summed E-state index contributed by atoms with van der Waals surface area (Å²) in [6.45, 7) is 3.44. The fraction of sp³-hybridized carbons (Fsp3) is 0.778. The van der Waals surface area contributed by atoms with Gasteiger partial charge in [-0.25, -0.2) is 4.99 Å². The van der Waals surface area contributed by atoms with Crippen LogP contribution in [0.3, 0.4) is 0 Å². The van der Waals surface area contributed by atoms with Gasteiger partial charge in [0.25, 0.3) is 0 Å². The highest BCUT2D eigenvalue weighted by molar-refractivity contribution is 6.02. The average Bonchev–Trinajstić information content (AvgIpc) is 2.62. The van der Waals surface area contributed by atoms with Crippen LogP contribution in [0.4, 0.5) is 0 Å². The van der Waals surface area contributed by atoms with Gasteiger partial charge < -0.3 is 9.64 Å². The number of nitrogens with zero attached hydrogens (tertiary/aromatic N) is 3. The number of aliphatic imine (C=N–C) groups is 1. The lowest BCUT2D eigenvalue weighted by atomic mass is 9.72. The molecule has 7 heteroatoms. The van der Waals surface area contributed by atoms with Crippen molar-refractivity contribution in [3.8, 4) is 6.07 Å². The van der Waals surface area contributed by atoms with Crippen LogP contribution in [0.5, 0.6) is 0 Å². The SMILES string of the molecule is CCOC(=O)C1CCCN(C2=NC3(CCCCC3)C(C#N)C(=O)N2)C1. The van der Waals surface area contributed by atoms with Gasteiger partial charge in [-0.2, -0.15) is 5.26 Å². The van der Waals surface area contributed by atoms with Crippen LogP contribution < -0.4 is 5.32 Å². The molecule has 3 rings (SSSR count). The van der Waals surface area contributed by atoms with Gasteiger partial charge in [0.15, 0.2) is 5.92 Å². The van der Waals surface area contributed by atoms with Crippen molar-refractivity contribution in [2.24, 2.45) is 16.8 Å². The predicted octanol–water partition coefficient (Wildman–Crippen LogP) is 1.59. The predicted molar refractivity (Wildman–Crippen MR) is 91.4 cm³/mol. The molecule has 2 heterocycles. The lowest BCUT2D eigenvalue weighted by Crippen LogP contribution is -2.59. The van der Waals surface area contributed by atoms with E-state index in [9.17, 15) is 14.9 Å². The maximum Gasteiger partial charge on any atom is 0.310 e. The molecule has 25 heavy (non-hydrogen) atoms. The molecule has 1 saturated carbocycles. The van der Waals surface area contributed by atoms with Crippen molar-refractivity contribution in [3.63, 3.8) is 0 Å². The number of ether oxygens (including phenoxy) is 1. The largest absolute Gasteiger partial charge is 0.466 e. The highest BCUT2D eigenvalue weighted by Gasteiger charge is 2.48. The molecule has 1 N–H and O–H groups in total. The number of guanidine groups is 1. The van der Waals surface area contributed by atoms with E-state index in [1.807, 2.05) is 4.90 Å². The molecule has 1 saturated heterocycles. The van der Waals surface area contributed by atoms with Crippen molar-refractivity contribution in [3.05, 3.63) is 0 Å². The van der Waals surface area contributed by atoms with Gasteiger partial charge in [0.05, 0.1) is 24.1 Å². The van der Waals surface area contributed by atoms with E-state index in [0.29, 0.717) is 19.1 Å². The Morgan fingerprint density at radius 3 is 2.84 bits per heavy atom. The maximum atomic E-state index is 12.5. The molecule has 3 aliphatic rings. The molecular weight excluding hydrogens is 320 g/mol. The minimum Gasteiger partial charge on any atom is -0.466 e. The number of carbonyl (C=O) groups is 2. The number of rotatable bonds is 2. The number of hydrogen-bond acceptors (Lipinski definition) is 6. The van der Waals surface area contributed by atoms with E-state index >= 15 is 0 Å². The van der Waals surface area contributed by atoms with Gasteiger partial charge in [-0.15, -0.1) is 0 Å². The van der Waals surface area contributed by atoms with Gasteiger partial charge in [0, 0.05) is 13.1 Å². The van der Waals surface area contributed by atoms with Crippen LogP contribution >= 0.6 is 0 Å². The van der Waals surface area contributed by atoms with E-state index in [1.165, 1.54) is 0 Å². The van der Waals surface area contributed by atoms with Crippen LogP contribution in [-0.2, 0) is 14.3 Å². The lowest BCUT2D eigenvalue weighted by molar-refractivity contribution is -0.149. The average molecular weight is 346 g/mol. The Bertz CT molecular complexity index is 604. The lowest BCUT2D eigenvalue weighted by Gasteiger charge is -2.43. The molecule has 1 amide bonds. The molecule has 1 aliphatic carbocycles. The first-order valence-corrected chi connectivity index (χ1v) is 9.31. The topological polar surface area (TPSA) is 94.8 Å². The van der Waals surface area contributed by atoms with Crippen LogP contribution in [0, 0.1) is 23.2 Å².